The van der Waals surface area contributed by atoms with Crippen LogP contribution in [0, 0.1) is 18.8 Å². The largest absolute Gasteiger partial charge is 0.453 e. The van der Waals surface area contributed by atoms with Crippen molar-refractivity contribution in [2.24, 2.45) is 11.8 Å². The first-order valence-electron chi connectivity index (χ1n) is 11.0. The number of halogens is 3. The molecule has 2 saturated carbocycles. The van der Waals surface area contributed by atoms with Crippen molar-refractivity contribution in [2.75, 3.05) is 20.2 Å². The molecule has 0 N–H and O–H groups in total. The van der Waals surface area contributed by atoms with Gasteiger partial charge in [0.2, 0.25) is 0 Å². The van der Waals surface area contributed by atoms with Crippen molar-refractivity contribution in [3.8, 4) is 0 Å². The summed E-state index contributed by atoms with van der Waals surface area (Å²) in [5.74, 6) is -0.679. The molecule has 0 spiro atoms. The molecule has 0 aromatic carbocycles. The second-order valence-electron chi connectivity index (χ2n) is 9.45. The van der Waals surface area contributed by atoms with E-state index in [4.69, 9.17) is 9.84 Å². The van der Waals surface area contributed by atoms with Gasteiger partial charge in [0.15, 0.2) is 5.65 Å². The van der Waals surface area contributed by atoms with Gasteiger partial charge in [-0.25, -0.2) is 14.3 Å². The minimum absolute atomic E-state index is 0.0267. The minimum atomic E-state index is -4.11. The standard InChI is InChI=1S/C22H27F3N4O2/c1-13-9-18(21-11-16(21)7-8-28(12-21)20(30)31-2)29-19(26-13)10-17(27-29)14-3-5-15(6-4-14)22(23,24)25/h9-10,14-16H,3-8,11-12H2,1-2H3/t14?,15?,16-,21+/m1/s1. The molecule has 0 unspecified atom stereocenters. The van der Waals surface area contributed by atoms with Crippen LogP contribution in [0.2, 0.25) is 0 Å². The molecule has 3 heterocycles. The highest BCUT2D eigenvalue weighted by Crippen LogP contribution is 2.58. The zero-order chi connectivity index (χ0) is 22.0. The zero-order valence-corrected chi connectivity index (χ0v) is 17.8. The molecule has 5 rings (SSSR count). The molecule has 0 bridgehead atoms. The van der Waals surface area contributed by atoms with Crippen LogP contribution in [0.15, 0.2) is 12.1 Å². The van der Waals surface area contributed by atoms with Crippen LogP contribution in [0.5, 0.6) is 0 Å². The van der Waals surface area contributed by atoms with Crippen LogP contribution >= 0.6 is 0 Å². The maximum absolute atomic E-state index is 13.0. The van der Waals surface area contributed by atoms with E-state index in [0.29, 0.717) is 31.8 Å². The maximum Gasteiger partial charge on any atom is 0.409 e. The predicted molar refractivity (Wildman–Crippen MR) is 107 cm³/mol. The number of ether oxygens (including phenoxy) is 1. The van der Waals surface area contributed by atoms with Gasteiger partial charge in [-0.05, 0) is 57.4 Å². The van der Waals surface area contributed by atoms with Gasteiger partial charge in [0.05, 0.1) is 24.4 Å². The lowest BCUT2D eigenvalue weighted by atomic mass is 9.80. The van der Waals surface area contributed by atoms with Crippen LogP contribution in [0.3, 0.4) is 0 Å². The van der Waals surface area contributed by atoms with Crippen molar-refractivity contribution in [1.29, 1.82) is 0 Å². The number of amides is 1. The fourth-order valence-electron chi connectivity index (χ4n) is 5.75. The van der Waals surface area contributed by atoms with Crippen LogP contribution in [0.25, 0.3) is 5.65 Å². The average Bonchev–Trinajstić information content (AvgIpc) is 3.34. The molecule has 6 nitrogen and oxygen atoms in total. The van der Waals surface area contributed by atoms with Gasteiger partial charge in [-0.15, -0.1) is 0 Å². The Kier molecular flexibility index (Phi) is 4.71. The van der Waals surface area contributed by atoms with E-state index in [1.807, 2.05) is 23.6 Å². The molecule has 1 aliphatic heterocycles. The molecule has 31 heavy (non-hydrogen) atoms. The summed E-state index contributed by atoms with van der Waals surface area (Å²) in [6, 6.07) is 3.98. The highest BCUT2D eigenvalue weighted by molar-refractivity contribution is 5.68. The highest BCUT2D eigenvalue weighted by Gasteiger charge is 2.60. The number of rotatable bonds is 2. The molecule has 9 heteroatoms. The third-order valence-corrected chi connectivity index (χ3v) is 7.58. The van der Waals surface area contributed by atoms with Crippen molar-refractivity contribution in [1.82, 2.24) is 19.5 Å². The summed E-state index contributed by atoms with van der Waals surface area (Å²) in [5, 5.41) is 4.84. The number of aryl methyl sites for hydroxylation is 1. The van der Waals surface area contributed by atoms with Gasteiger partial charge >= 0.3 is 12.3 Å². The first-order valence-corrected chi connectivity index (χ1v) is 11.0. The Morgan fingerprint density at radius 3 is 2.61 bits per heavy atom. The number of fused-ring (bicyclic) bond motifs is 2. The average molecular weight is 436 g/mol. The molecule has 2 aromatic heterocycles. The molecule has 168 valence electrons. The smallest absolute Gasteiger partial charge is 0.409 e. The van der Waals surface area contributed by atoms with Gasteiger partial charge in [-0.1, -0.05) is 0 Å². The summed E-state index contributed by atoms with van der Waals surface area (Å²) in [6.07, 6.45) is -1.21. The van der Waals surface area contributed by atoms with E-state index in [-0.39, 0.29) is 30.3 Å². The third kappa shape index (κ3) is 3.46. The van der Waals surface area contributed by atoms with Crippen molar-refractivity contribution in [3.63, 3.8) is 0 Å². The molecule has 3 fully saturated rings. The minimum Gasteiger partial charge on any atom is -0.453 e. The quantitative estimate of drug-likeness (QED) is 0.690. The zero-order valence-electron chi connectivity index (χ0n) is 17.8. The molecule has 3 aliphatic rings. The number of methoxy groups -OCH3 is 1. The monoisotopic (exact) mass is 436 g/mol. The lowest BCUT2D eigenvalue weighted by Crippen LogP contribution is -2.43. The highest BCUT2D eigenvalue weighted by atomic mass is 19.4. The SMILES string of the molecule is COC(=O)N1CC[C@@H]2C[C@]2(c2cc(C)nc3cc(C4CCC(C(F)(F)F)CC4)nn23)C1. The molecule has 2 atom stereocenters. The number of nitrogens with zero attached hydrogens (tertiary/aromatic N) is 4. The molecule has 0 radical (unpaired) electrons. The van der Waals surface area contributed by atoms with Gasteiger partial charge in [-0.3, -0.25) is 0 Å². The van der Waals surface area contributed by atoms with Crippen LogP contribution < -0.4 is 0 Å². The van der Waals surface area contributed by atoms with E-state index in [1.165, 1.54) is 7.11 Å². The summed E-state index contributed by atoms with van der Waals surface area (Å²) in [5.41, 5.74) is 3.33. The fraction of sp³-hybridized carbons (Fsp3) is 0.682. The van der Waals surface area contributed by atoms with Gasteiger partial charge in [-0.2, -0.15) is 18.3 Å². The Hall–Kier alpha value is -2.32. The molecular weight excluding hydrogens is 409 g/mol. The Morgan fingerprint density at radius 2 is 1.94 bits per heavy atom. The Balaban J connectivity index is 1.45. The molecule has 2 aromatic rings. The Morgan fingerprint density at radius 1 is 1.19 bits per heavy atom. The molecule has 2 aliphatic carbocycles. The second-order valence-corrected chi connectivity index (χ2v) is 9.45. The summed E-state index contributed by atoms with van der Waals surface area (Å²) >= 11 is 0. The van der Waals surface area contributed by atoms with Gasteiger partial charge in [0.1, 0.15) is 0 Å². The maximum atomic E-state index is 13.0. The van der Waals surface area contributed by atoms with Crippen LogP contribution in [0.1, 0.15) is 61.5 Å². The summed E-state index contributed by atoms with van der Waals surface area (Å²) in [7, 11) is 1.40. The Labute approximate surface area is 178 Å². The number of carbonyl (C=O) groups excluding carboxylic acids is 1. The number of hydrogen-bond donors (Lipinski definition) is 0. The van der Waals surface area contributed by atoms with E-state index in [0.717, 1.165) is 35.6 Å². The lowest BCUT2D eigenvalue weighted by Gasteiger charge is -2.32. The normalized spacial score (nSPS) is 30.9. The lowest BCUT2D eigenvalue weighted by molar-refractivity contribution is -0.182. The van der Waals surface area contributed by atoms with Crippen LogP contribution in [0.4, 0.5) is 18.0 Å². The van der Waals surface area contributed by atoms with E-state index >= 15 is 0 Å². The second kappa shape index (κ2) is 7.10. The fourth-order valence-corrected chi connectivity index (χ4v) is 5.75. The third-order valence-electron chi connectivity index (χ3n) is 7.58. The van der Waals surface area contributed by atoms with Crippen molar-refractivity contribution in [3.05, 3.63) is 29.2 Å². The van der Waals surface area contributed by atoms with Crippen molar-refractivity contribution < 1.29 is 22.7 Å². The first-order chi connectivity index (χ1) is 14.7. The van der Waals surface area contributed by atoms with Gasteiger partial charge < -0.3 is 9.64 Å². The van der Waals surface area contributed by atoms with Crippen LogP contribution in [-0.2, 0) is 10.2 Å². The van der Waals surface area contributed by atoms with E-state index in [1.54, 1.807) is 4.90 Å². The summed E-state index contributed by atoms with van der Waals surface area (Å²) in [6.45, 7) is 3.23. The topological polar surface area (TPSA) is 59.7 Å². The number of carbonyl (C=O) groups is 1. The van der Waals surface area contributed by atoms with Crippen molar-refractivity contribution in [2.45, 2.75) is 63.0 Å². The number of aromatic nitrogens is 3. The van der Waals surface area contributed by atoms with E-state index in [9.17, 15) is 18.0 Å². The van der Waals surface area contributed by atoms with Gasteiger partial charge in [0, 0.05) is 36.2 Å². The summed E-state index contributed by atoms with van der Waals surface area (Å²) in [4.78, 5) is 18.5. The predicted octanol–water partition coefficient (Wildman–Crippen LogP) is 4.60. The molecule has 1 saturated heterocycles. The number of alkyl halides is 3. The first kappa shape index (κ1) is 20.6. The number of hydrogen-bond acceptors (Lipinski definition) is 4. The molecule has 1 amide bonds. The van der Waals surface area contributed by atoms with Crippen molar-refractivity contribution >= 4 is 11.7 Å². The molecular formula is C22H27F3N4O2. The van der Waals surface area contributed by atoms with E-state index in [2.05, 4.69) is 4.98 Å². The summed E-state index contributed by atoms with van der Waals surface area (Å²) < 4.78 is 45.9. The number of likely N-dealkylation sites (tertiary alicyclic amines) is 1. The van der Waals surface area contributed by atoms with Gasteiger partial charge in [0.25, 0.3) is 0 Å². The number of piperidine rings is 1. The van der Waals surface area contributed by atoms with Crippen LogP contribution in [-0.4, -0.2) is 52.0 Å². The Bertz CT molecular complexity index is 1010. The van der Waals surface area contributed by atoms with E-state index < -0.39 is 12.1 Å².